The molecule has 0 heterocycles. The number of hydrogen-bond acceptors (Lipinski definition) is 6. The molecule has 0 aliphatic rings. The Morgan fingerprint density at radius 3 is 1.68 bits per heavy atom. The Labute approximate surface area is 212 Å². The van der Waals surface area contributed by atoms with Crippen LogP contribution in [0.15, 0.2) is 0 Å². The fourth-order valence-corrected chi connectivity index (χ4v) is 4.57. The zero-order valence-electron chi connectivity index (χ0n) is 22.7. The number of rotatable bonds is 27. The second-order valence-electron chi connectivity index (χ2n) is 9.38. The van der Waals surface area contributed by atoms with Gasteiger partial charge in [0.05, 0.1) is 13.2 Å². The van der Waals surface area contributed by atoms with E-state index in [-0.39, 0.29) is 18.7 Å². The molecule has 0 aliphatic carbocycles. The smallest absolute Gasteiger partial charge is 0.330 e. The maximum atomic E-state index is 11.7. The highest BCUT2D eigenvalue weighted by atomic mass is 31.2. The van der Waals surface area contributed by atoms with E-state index < -0.39 is 8.60 Å². The monoisotopic (exact) mass is 505 g/mol. The van der Waals surface area contributed by atoms with Gasteiger partial charge in [-0.15, -0.1) is 0 Å². The van der Waals surface area contributed by atoms with Crippen LogP contribution >= 0.6 is 8.60 Å². The summed E-state index contributed by atoms with van der Waals surface area (Å²) in [7, 11) is -0.103. The molecule has 7 heteroatoms. The Bertz CT molecular complexity index is 428. The third-order valence-corrected chi connectivity index (χ3v) is 6.91. The maximum Gasteiger partial charge on any atom is 0.330 e. The molecule has 34 heavy (non-hydrogen) atoms. The highest BCUT2D eigenvalue weighted by molar-refractivity contribution is 7.40. The van der Waals surface area contributed by atoms with Crippen molar-refractivity contribution in [2.24, 2.45) is 0 Å². The van der Waals surface area contributed by atoms with Gasteiger partial charge >= 0.3 is 14.6 Å². The van der Waals surface area contributed by atoms with Gasteiger partial charge in [-0.1, -0.05) is 117 Å². The molecule has 0 rings (SSSR count). The molecular weight excluding hydrogens is 449 g/mol. The van der Waals surface area contributed by atoms with E-state index >= 15 is 0 Å². The first-order valence-electron chi connectivity index (χ1n) is 14.2. The molecule has 2 atom stereocenters. The van der Waals surface area contributed by atoms with E-state index in [2.05, 4.69) is 12.2 Å². The minimum atomic E-state index is -1.93. The molecule has 0 radical (unpaired) electrons. The van der Waals surface area contributed by atoms with Crippen LogP contribution in [0.5, 0.6) is 0 Å². The van der Waals surface area contributed by atoms with Crippen molar-refractivity contribution in [1.29, 1.82) is 0 Å². The van der Waals surface area contributed by atoms with Crippen LogP contribution in [0.4, 0.5) is 0 Å². The molecule has 0 spiro atoms. The largest absolute Gasteiger partial charge is 0.460 e. The predicted octanol–water partition coefficient (Wildman–Crippen LogP) is 7.82. The Hall–Kier alpha value is -0.260. The third kappa shape index (κ3) is 24.9. The zero-order valence-corrected chi connectivity index (χ0v) is 23.6. The molecule has 0 aromatic carbocycles. The van der Waals surface area contributed by atoms with Gasteiger partial charge in [-0.3, -0.25) is 4.79 Å². The summed E-state index contributed by atoms with van der Waals surface area (Å²) in [5, 5.41) is 2.95. The van der Waals surface area contributed by atoms with Crippen molar-refractivity contribution in [3.05, 3.63) is 0 Å². The van der Waals surface area contributed by atoms with Crippen LogP contribution < -0.4 is 5.32 Å². The number of unbranched alkanes of at least 4 members (excludes halogenated alkanes) is 16. The Balaban J connectivity index is 3.61. The molecule has 0 fully saturated rings. The third-order valence-electron chi connectivity index (χ3n) is 6.14. The van der Waals surface area contributed by atoms with E-state index in [4.69, 9.17) is 13.8 Å². The van der Waals surface area contributed by atoms with Crippen molar-refractivity contribution in [2.45, 2.75) is 142 Å². The standard InChI is InChI=1S/C27H56NO5P/c1-4-6-7-8-9-10-11-12-13-14-15-16-17-18-19-20-21-22-26(33-27(29)5-2)25-32-34(30)31-24-23-28-3/h26,28,30H,4-25H2,1-3H3. The second-order valence-corrected chi connectivity index (χ2v) is 10.4. The van der Waals surface area contributed by atoms with Gasteiger partial charge in [-0.25, -0.2) is 0 Å². The quantitative estimate of drug-likeness (QED) is 0.0673. The lowest BCUT2D eigenvalue weighted by Gasteiger charge is -2.19. The molecule has 0 aliphatic heterocycles. The summed E-state index contributed by atoms with van der Waals surface area (Å²) < 4.78 is 16.0. The average molecular weight is 506 g/mol. The predicted molar refractivity (Wildman–Crippen MR) is 144 cm³/mol. The van der Waals surface area contributed by atoms with Crippen molar-refractivity contribution in [1.82, 2.24) is 5.32 Å². The summed E-state index contributed by atoms with van der Waals surface area (Å²) in [4.78, 5) is 21.5. The number of nitrogens with one attached hydrogen (secondary N) is 1. The van der Waals surface area contributed by atoms with Gasteiger partial charge in [-0.05, 0) is 19.9 Å². The topological polar surface area (TPSA) is 77.0 Å². The molecular formula is C27H56NO5P. The van der Waals surface area contributed by atoms with E-state index in [1.54, 1.807) is 6.92 Å². The highest BCUT2D eigenvalue weighted by Crippen LogP contribution is 2.33. The lowest BCUT2D eigenvalue weighted by Crippen LogP contribution is -2.23. The number of esters is 1. The lowest BCUT2D eigenvalue weighted by molar-refractivity contribution is -0.150. The SMILES string of the molecule is CCCCCCCCCCCCCCCCCCCC(COP(O)OCCNC)OC(=O)CC. The Morgan fingerprint density at radius 2 is 1.24 bits per heavy atom. The van der Waals surface area contributed by atoms with Gasteiger partial charge in [-0.2, -0.15) is 0 Å². The first-order chi connectivity index (χ1) is 16.6. The van der Waals surface area contributed by atoms with Crippen LogP contribution in [0, 0.1) is 0 Å². The van der Waals surface area contributed by atoms with Crippen molar-refractivity contribution >= 4 is 14.6 Å². The van der Waals surface area contributed by atoms with Crippen LogP contribution in [0.3, 0.4) is 0 Å². The van der Waals surface area contributed by atoms with Gasteiger partial charge in [0.2, 0.25) is 0 Å². The number of ether oxygens (including phenoxy) is 1. The summed E-state index contributed by atoms with van der Waals surface area (Å²) >= 11 is 0. The van der Waals surface area contributed by atoms with Crippen molar-refractivity contribution < 1.29 is 23.5 Å². The molecule has 0 amide bonds. The zero-order chi connectivity index (χ0) is 25.1. The van der Waals surface area contributed by atoms with Gasteiger partial charge in [0, 0.05) is 13.0 Å². The Kier molecular flexibility index (Phi) is 27.1. The van der Waals surface area contributed by atoms with Crippen LogP contribution in [0.2, 0.25) is 0 Å². The van der Waals surface area contributed by atoms with Crippen LogP contribution in [0.25, 0.3) is 0 Å². The van der Waals surface area contributed by atoms with E-state index in [0.29, 0.717) is 19.6 Å². The van der Waals surface area contributed by atoms with E-state index in [1.165, 1.54) is 96.3 Å². The molecule has 0 aromatic heterocycles. The number of likely N-dealkylation sites (N-methyl/N-ethyl adjacent to an activating group) is 1. The highest BCUT2D eigenvalue weighted by Gasteiger charge is 2.17. The minimum Gasteiger partial charge on any atom is -0.460 e. The first kappa shape index (κ1) is 33.7. The lowest BCUT2D eigenvalue weighted by atomic mass is 10.0. The number of carbonyl (C=O) groups is 1. The molecule has 0 bridgehead atoms. The van der Waals surface area contributed by atoms with Crippen molar-refractivity contribution in [3.63, 3.8) is 0 Å². The molecule has 0 saturated carbocycles. The summed E-state index contributed by atoms with van der Waals surface area (Å²) in [6.45, 7) is 5.29. The first-order valence-corrected chi connectivity index (χ1v) is 15.4. The molecule has 204 valence electrons. The van der Waals surface area contributed by atoms with Gasteiger partial charge in [0.1, 0.15) is 6.10 Å². The number of hydrogen-bond donors (Lipinski definition) is 2. The fraction of sp³-hybridized carbons (Fsp3) is 0.963. The van der Waals surface area contributed by atoms with Crippen LogP contribution in [0.1, 0.15) is 136 Å². The average Bonchev–Trinajstić information content (AvgIpc) is 2.84. The normalized spacial score (nSPS) is 13.2. The summed E-state index contributed by atoms with van der Waals surface area (Å²) in [5.41, 5.74) is 0. The van der Waals surface area contributed by atoms with E-state index in [9.17, 15) is 9.69 Å². The molecule has 2 N–H and O–H groups in total. The van der Waals surface area contributed by atoms with Crippen molar-refractivity contribution in [3.8, 4) is 0 Å². The molecule has 0 saturated heterocycles. The fourth-order valence-electron chi connectivity index (χ4n) is 3.95. The Morgan fingerprint density at radius 1 is 0.765 bits per heavy atom. The minimum absolute atomic E-state index is 0.187. The second kappa shape index (κ2) is 27.3. The van der Waals surface area contributed by atoms with Crippen LogP contribution in [-0.4, -0.2) is 43.8 Å². The van der Waals surface area contributed by atoms with Gasteiger partial charge in [0.15, 0.2) is 0 Å². The molecule has 0 aromatic rings. The number of carbonyl (C=O) groups excluding carboxylic acids is 1. The van der Waals surface area contributed by atoms with E-state index in [1.807, 2.05) is 7.05 Å². The van der Waals surface area contributed by atoms with E-state index in [0.717, 1.165) is 19.3 Å². The maximum absolute atomic E-state index is 11.7. The summed E-state index contributed by atoms with van der Waals surface area (Å²) in [6.07, 6.45) is 23.7. The van der Waals surface area contributed by atoms with Gasteiger partial charge in [0.25, 0.3) is 0 Å². The molecule has 2 unspecified atom stereocenters. The summed E-state index contributed by atoms with van der Waals surface area (Å²) in [5.74, 6) is -0.223. The van der Waals surface area contributed by atoms with Crippen LogP contribution in [-0.2, 0) is 18.6 Å². The van der Waals surface area contributed by atoms with Gasteiger partial charge < -0.3 is 24.0 Å². The summed E-state index contributed by atoms with van der Waals surface area (Å²) in [6, 6.07) is 0. The molecule has 6 nitrogen and oxygen atoms in total. The van der Waals surface area contributed by atoms with Crippen molar-refractivity contribution in [2.75, 3.05) is 26.8 Å².